The van der Waals surface area contributed by atoms with Crippen molar-refractivity contribution in [1.29, 1.82) is 0 Å². The van der Waals surface area contributed by atoms with Crippen molar-refractivity contribution in [2.24, 2.45) is 0 Å². The van der Waals surface area contributed by atoms with E-state index in [4.69, 9.17) is 4.74 Å². The lowest BCUT2D eigenvalue weighted by molar-refractivity contribution is -0.142. The van der Waals surface area contributed by atoms with E-state index in [0.29, 0.717) is 0 Å². The lowest BCUT2D eigenvalue weighted by Gasteiger charge is -2.45. The zero-order valence-corrected chi connectivity index (χ0v) is 19.8. The summed E-state index contributed by atoms with van der Waals surface area (Å²) in [5.41, 5.74) is 4.76. The molecule has 174 valence electrons. The van der Waals surface area contributed by atoms with E-state index in [1.54, 1.807) is 0 Å². The molecule has 5 nitrogen and oxygen atoms in total. The van der Waals surface area contributed by atoms with Gasteiger partial charge in [-0.25, -0.2) is 0 Å². The number of benzene rings is 3. The van der Waals surface area contributed by atoms with E-state index < -0.39 is 5.92 Å². The van der Waals surface area contributed by atoms with Crippen molar-refractivity contribution in [3.8, 4) is 0 Å². The maximum Gasteiger partial charge on any atom is 0.306 e. The van der Waals surface area contributed by atoms with Crippen LogP contribution in [0.15, 0.2) is 60.7 Å². The largest absolute Gasteiger partial charge is 0.469 e. The van der Waals surface area contributed by atoms with Crippen molar-refractivity contribution in [2.45, 2.75) is 50.1 Å². The molecule has 2 heterocycles. The third kappa shape index (κ3) is 3.10. The van der Waals surface area contributed by atoms with Crippen molar-refractivity contribution < 1.29 is 14.3 Å². The smallest absolute Gasteiger partial charge is 0.306 e. The van der Waals surface area contributed by atoms with E-state index in [1.165, 1.54) is 29.0 Å². The fourth-order valence-corrected chi connectivity index (χ4v) is 6.63. The Hall–Kier alpha value is -3.18. The molecule has 0 bridgehead atoms. The Morgan fingerprint density at radius 1 is 1.03 bits per heavy atom. The summed E-state index contributed by atoms with van der Waals surface area (Å²) in [6.45, 7) is 4.27. The first-order valence-electron chi connectivity index (χ1n) is 12.3. The van der Waals surface area contributed by atoms with Gasteiger partial charge in [-0.3, -0.25) is 14.5 Å². The van der Waals surface area contributed by atoms with Crippen LogP contribution in [0.3, 0.4) is 0 Å². The predicted octanol–water partition coefficient (Wildman–Crippen LogP) is 4.77. The minimum absolute atomic E-state index is 0.0193. The van der Waals surface area contributed by atoms with Crippen LogP contribution in [0.25, 0.3) is 10.8 Å². The van der Waals surface area contributed by atoms with E-state index in [0.717, 1.165) is 43.6 Å². The van der Waals surface area contributed by atoms with Gasteiger partial charge in [0, 0.05) is 30.4 Å². The summed E-state index contributed by atoms with van der Waals surface area (Å²) in [4.78, 5) is 30.1. The van der Waals surface area contributed by atoms with Crippen LogP contribution in [0, 0.1) is 0 Å². The number of rotatable bonds is 4. The number of fused-ring (bicyclic) bond motifs is 1. The van der Waals surface area contributed by atoms with Gasteiger partial charge in [-0.2, -0.15) is 0 Å². The molecular weight excluding hydrogens is 424 g/mol. The number of ether oxygens (including phenoxy) is 1. The van der Waals surface area contributed by atoms with Crippen LogP contribution in [0.5, 0.6) is 0 Å². The number of methoxy groups -OCH3 is 1. The molecular formula is C29H30N2O3. The van der Waals surface area contributed by atoms with Crippen LogP contribution in [-0.2, 0) is 26.3 Å². The van der Waals surface area contributed by atoms with E-state index >= 15 is 0 Å². The van der Waals surface area contributed by atoms with Crippen molar-refractivity contribution >= 4 is 28.3 Å². The van der Waals surface area contributed by atoms with Gasteiger partial charge in [-0.15, -0.1) is 0 Å². The predicted molar refractivity (Wildman–Crippen MR) is 133 cm³/mol. The second-order valence-electron chi connectivity index (χ2n) is 10.1. The Balaban J connectivity index is 1.24. The highest BCUT2D eigenvalue weighted by Crippen LogP contribution is 2.47. The van der Waals surface area contributed by atoms with Crippen molar-refractivity contribution in [3.63, 3.8) is 0 Å². The molecule has 0 saturated carbocycles. The normalized spacial score (nSPS) is 24.6. The van der Waals surface area contributed by atoms with Crippen molar-refractivity contribution in [1.82, 2.24) is 4.90 Å². The minimum atomic E-state index is -0.443. The molecule has 0 N–H and O–H groups in total. The number of piperidine rings is 1. The average Bonchev–Trinajstić information content (AvgIpc) is 3.32. The summed E-state index contributed by atoms with van der Waals surface area (Å²) in [7, 11) is 1.38. The highest BCUT2D eigenvalue weighted by Gasteiger charge is 2.45. The second kappa shape index (κ2) is 7.95. The first kappa shape index (κ1) is 21.4. The number of hydrogen-bond donors (Lipinski definition) is 0. The van der Waals surface area contributed by atoms with Crippen LogP contribution in [-0.4, -0.2) is 43.0 Å². The number of carbonyl (C=O) groups is 2. The van der Waals surface area contributed by atoms with Gasteiger partial charge in [0.15, 0.2) is 0 Å². The molecule has 2 atom stereocenters. The second-order valence-corrected chi connectivity index (χ2v) is 10.1. The molecule has 2 unspecified atom stereocenters. The number of carbonyl (C=O) groups excluding carboxylic acids is 2. The molecule has 3 aliphatic rings. The number of nitrogens with zero attached hydrogens (tertiary/aromatic N) is 2. The quantitative estimate of drug-likeness (QED) is 0.533. The van der Waals surface area contributed by atoms with Gasteiger partial charge < -0.3 is 9.64 Å². The zero-order chi connectivity index (χ0) is 23.4. The Labute approximate surface area is 200 Å². The number of amides is 1. The standard InChI is InChI=1S/C29H30N2O3/c1-29(18-20-9-5-7-19-8-6-11-24(29)27(19)20)30-15-13-21(14-16-30)31-25-12-4-3-10-22(25)23(28(31)33)17-26(32)34-2/h3-12,21,23H,13-18H2,1-2H3. The van der Waals surface area contributed by atoms with Gasteiger partial charge >= 0.3 is 5.97 Å². The zero-order valence-electron chi connectivity index (χ0n) is 19.8. The molecule has 6 rings (SSSR count). The van der Waals surface area contributed by atoms with Gasteiger partial charge in [-0.1, -0.05) is 54.6 Å². The van der Waals surface area contributed by atoms with E-state index in [1.807, 2.05) is 29.2 Å². The van der Waals surface area contributed by atoms with Crippen molar-refractivity contribution in [3.05, 3.63) is 77.4 Å². The summed E-state index contributed by atoms with van der Waals surface area (Å²) < 4.78 is 4.87. The number of para-hydroxylation sites is 1. The van der Waals surface area contributed by atoms with Crippen molar-refractivity contribution in [2.75, 3.05) is 25.1 Å². The van der Waals surface area contributed by atoms with Gasteiger partial charge in [-0.05, 0) is 59.7 Å². The van der Waals surface area contributed by atoms with Crippen LogP contribution in [0.1, 0.15) is 48.8 Å². The molecule has 1 amide bonds. The minimum Gasteiger partial charge on any atom is -0.469 e. The molecule has 1 aliphatic carbocycles. The maximum atomic E-state index is 13.5. The monoisotopic (exact) mass is 454 g/mol. The fourth-order valence-electron chi connectivity index (χ4n) is 6.63. The topological polar surface area (TPSA) is 49.9 Å². The third-order valence-electron chi connectivity index (χ3n) is 8.34. The van der Waals surface area contributed by atoms with Gasteiger partial charge in [0.25, 0.3) is 0 Å². The Morgan fingerprint density at radius 2 is 1.76 bits per heavy atom. The molecule has 1 fully saturated rings. The molecule has 3 aromatic rings. The van der Waals surface area contributed by atoms with Crippen LogP contribution >= 0.6 is 0 Å². The summed E-state index contributed by atoms with van der Waals surface area (Å²) in [5, 5.41) is 2.74. The number of likely N-dealkylation sites (tertiary alicyclic amines) is 1. The molecule has 0 spiro atoms. The van der Waals surface area contributed by atoms with Crippen LogP contribution in [0.2, 0.25) is 0 Å². The van der Waals surface area contributed by atoms with Gasteiger partial charge in [0.2, 0.25) is 5.91 Å². The Bertz CT molecular complexity index is 1290. The van der Waals surface area contributed by atoms with Crippen LogP contribution < -0.4 is 4.90 Å². The SMILES string of the molecule is COC(=O)CC1C(=O)N(C2CCN(C3(C)Cc4cccc5cccc3c45)CC2)c2ccccc21. The third-order valence-corrected chi connectivity index (χ3v) is 8.34. The molecule has 3 aromatic carbocycles. The first-order chi connectivity index (χ1) is 16.5. The molecule has 2 aliphatic heterocycles. The fraction of sp³-hybridized carbons (Fsp3) is 0.379. The van der Waals surface area contributed by atoms with Crippen LogP contribution in [0.4, 0.5) is 5.69 Å². The highest BCUT2D eigenvalue weighted by molar-refractivity contribution is 6.07. The van der Waals surface area contributed by atoms with E-state index in [-0.39, 0.29) is 29.9 Å². The number of anilines is 1. The Morgan fingerprint density at radius 3 is 2.53 bits per heavy atom. The lowest BCUT2D eigenvalue weighted by atomic mass is 9.88. The van der Waals surface area contributed by atoms with Gasteiger partial charge in [0.05, 0.1) is 19.4 Å². The summed E-state index contributed by atoms with van der Waals surface area (Å²) in [6, 6.07) is 21.4. The summed E-state index contributed by atoms with van der Waals surface area (Å²) >= 11 is 0. The maximum absolute atomic E-state index is 13.5. The van der Waals surface area contributed by atoms with Gasteiger partial charge in [0.1, 0.15) is 0 Å². The molecule has 5 heteroatoms. The molecule has 0 aromatic heterocycles. The lowest BCUT2D eigenvalue weighted by Crippen LogP contribution is -2.52. The summed E-state index contributed by atoms with van der Waals surface area (Å²) in [5.74, 6) is -0.747. The average molecular weight is 455 g/mol. The number of hydrogen-bond acceptors (Lipinski definition) is 4. The van der Waals surface area contributed by atoms with E-state index in [2.05, 4.69) is 48.2 Å². The molecule has 34 heavy (non-hydrogen) atoms. The Kier molecular flexibility index (Phi) is 4.99. The first-order valence-corrected chi connectivity index (χ1v) is 12.3. The molecule has 1 saturated heterocycles. The van der Waals surface area contributed by atoms with E-state index in [9.17, 15) is 9.59 Å². The molecule has 0 radical (unpaired) electrons. The highest BCUT2D eigenvalue weighted by atomic mass is 16.5. The summed E-state index contributed by atoms with van der Waals surface area (Å²) in [6.07, 6.45) is 2.98. The number of esters is 1.